The maximum Gasteiger partial charge on any atom is 0.416 e. The van der Waals surface area contributed by atoms with Gasteiger partial charge in [-0.15, -0.1) is 0 Å². The van der Waals surface area contributed by atoms with Crippen LogP contribution < -0.4 is 10.5 Å². The standard InChI is InChI=1S/C25H21F3N2O5S/c1-13-9-15(22(29)24(31)32)10-14(2)23(13)35-17-5-8-20-19(11-17)21(12-30-20)36(33,34)18-6-3-16(4-7-18)25(26,27)28/h3-12,22,30H,29H2,1-2H3,(H,31,32)/t22-/m1/s1. The van der Waals surface area contributed by atoms with Crippen molar-refractivity contribution >= 4 is 26.7 Å². The summed E-state index contributed by atoms with van der Waals surface area (Å²) in [5, 5.41) is 9.47. The summed E-state index contributed by atoms with van der Waals surface area (Å²) >= 11 is 0. The number of halogens is 3. The molecule has 0 amide bonds. The lowest BCUT2D eigenvalue weighted by Crippen LogP contribution is -2.20. The Bertz CT molecular complexity index is 1550. The van der Waals surface area contributed by atoms with Crippen LogP contribution in [-0.2, 0) is 20.8 Å². The number of carboxylic acid groups (broad SMARTS) is 1. The second-order valence-electron chi connectivity index (χ2n) is 8.29. The topological polar surface area (TPSA) is 122 Å². The molecule has 0 spiro atoms. The number of hydrogen-bond donors (Lipinski definition) is 3. The number of aromatic nitrogens is 1. The first kappa shape index (κ1) is 25.3. The first-order valence-electron chi connectivity index (χ1n) is 10.6. The second kappa shape index (κ2) is 8.99. The van der Waals surface area contributed by atoms with Gasteiger partial charge < -0.3 is 20.6 Å². The minimum absolute atomic E-state index is 0.112. The number of alkyl halides is 3. The molecule has 188 valence electrons. The fourth-order valence-electron chi connectivity index (χ4n) is 3.89. The Balaban J connectivity index is 1.70. The Hall–Kier alpha value is -3.83. The first-order valence-corrected chi connectivity index (χ1v) is 12.1. The predicted octanol–water partition coefficient (Wildman–Crippen LogP) is 5.51. The highest BCUT2D eigenvalue weighted by Crippen LogP contribution is 2.36. The molecule has 0 aliphatic carbocycles. The molecule has 1 heterocycles. The molecule has 4 rings (SSSR count). The number of aliphatic carboxylic acids is 1. The number of hydrogen-bond acceptors (Lipinski definition) is 5. The van der Waals surface area contributed by atoms with Crippen LogP contribution in [-0.4, -0.2) is 24.5 Å². The lowest BCUT2D eigenvalue weighted by molar-refractivity contribution is -0.139. The van der Waals surface area contributed by atoms with Gasteiger partial charge in [0.05, 0.1) is 15.4 Å². The average Bonchev–Trinajstić information content (AvgIpc) is 3.24. The van der Waals surface area contributed by atoms with E-state index in [-0.39, 0.29) is 9.79 Å². The van der Waals surface area contributed by atoms with E-state index in [0.717, 1.165) is 24.3 Å². The van der Waals surface area contributed by atoms with Crippen LogP contribution in [0, 0.1) is 13.8 Å². The van der Waals surface area contributed by atoms with E-state index in [1.807, 2.05) is 0 Å². The van der Waals surface area contributed by atoms with E-state index >= 15 is 0 Å². The van der Waals surface area contributed by atoms with Crippen molar-refractivity contribution in [2.45, 2.75) is 35.9 Å². The van der Waals surface area contributed by atoms with Crippen LogP contribution in [0.1, 0.15) is 28.3 Å². The first-order chi connectivity index (χ1) is 16.8. The van der Waals surface area contributed by atoms with Gasteiger partial charge in [0.1, 0.15) is 17.5 Å². The third-order valence-electron chi connectivity index (χ3n) is 5.72. The summed E-state index contributed by atoms with van der Waals surface area (Å²) < 4.78 is 71.0. The highest BCUT2D eigenvalue weighted by Gasteiger charge is 2.31. The number of fused-ring (bicyclic) bond motifs is 1. The van der Waals surface area contributed by atoms with Gasteiger partial charge in [0, 0.05) is 17.1 Å². The lowest BCUT2D eigenvalue weighted by Gasteiger charge is -2.16. The number of nitrogens with two attached hydrogens (primary N) is 1. The average molecular weight is 519 g/mol. The van der Waals surface area contributed by atoms with Gasteiger partial charge in [-0.2, -0.15) is 13.2 Å². The van der Waals surface area contributed by atoms with E-state index < -0.39 is 33.6 Å². The Labute approximate surface area is 204 Å². The summed E-state index contributed by atoms with van der Waals surface area (Å²) in [6.07, 6.45) is -3.30. The van der Waals surface area contributed by atoms with Gasteiger partial charge >= 0.3 is 12.1 Å². The zero-order chi connectivity index (χ0) is 26.4. The Kier molecular flexibility index (Phi) is 6.31. The van der Waals surface area contributed by atoms with Crippen molar-refractivity contribution in [3.05, 3.63) is 83.0 Å². The molecule has 4 aromatic rings. The fourth-order valence-corrected chi connectivity index (χ4v) is 5.32. The molecule has 0 fully saturated rings. The number of H-pyrrole nitrogens is 1. The van der Waals surface area contributed by atoms with E-state index in [2.05, 4.69) is 4.98 Å². The number of aromatic amines is 1. The van der Waals surface area contributed by atoms with Gasteiger partial charge in [-0.1, -0.05) is 12.1 Å². The molecule has 0 aliphatic heterocycles. The lowest BCUT2D eigenvalue weighted by atomic mass is 10.0. The smallest absolute Gasteiger partial charge is 0.416 e. The number of sulfone groups is 1. The SMILES string of the molecule is Cc1cc([C@@H](N)C(=O)O)cc(C)c1Oc1ccc2[nH]cc(S(=O)(=O)c3ccc(C(F)(F)F)cc3)c2c1. The van der Waals surface area contributed by atoms with Crippen LogP contribution in [0.15, 0.2) is 70.6 Å². The molecule has 0 saturated heterocycles. The molecule has 1 atom stereocenters. The number of aryl methyl sites for hydroxylation is 2. The Morgan fingerprint density at radius 1 is 1.03 bits per heavy atom. The van der Waals surface area contributed by atoms with Crippen molar-refractivity contribution < 1.29 is 36.2 Å². The molecular formula is C25H21F3N2O5S. The van der Waals surface area contributed by atoms with Crippen LogP contribution in [0.25, 0.3) is 10.9 Å². The fraction of sp³-hybridized carbons (Fsp3) is 0.160. The molecule has 0 bridgehead atoms. The van der Waals surface area contributed by atoms with Crippen LogP contribution >= 0.6 is 0 Å². The molecule has 36 heavy (non-hydrogen) atoms. The summed E-state index contributed by atoms with van der Waals surface area (Å²) in [6, 6.07) is 10.1. The highest BCUT2D eigenvalue weighted by atomic mass is 32.2. The van der Waals surface area contributed by atoms with Gasteiger partial charge in [0.15, 0.2) is 0 Å². The second-order valence-corrected chi connectivity index (χ2v) is 10.2. The van der Waals surface area contributed by atoms with E-state index in [0.29, 0.717) is 39.1 Å². The van der Waals surface area contributed by atoms with Crippen molar-refractivity contribution in [3.63, 3.8) is 0 Å². The normalized spacial score (nSPS) is 13.1. The monoisotopic (exact) mass is 518 g/mol. The van der Waals surface area contributed by atoms with Crippen molar-refractivity contribution in [1.82, 2.24) is 4.98 Å². The maximum atomic E-state index is 13.2. The van der Waals surface area contributed by atoms with Crippen LogP contribution in [0.5, 0.6) is 11.5 Å². The Morgan fingerprint density at radius 3 is 2.19 bits per heavy atom. The number of carboxylic acids is 1. The van der Waals surface area contributed by atoms with Gasteiger partial charge in [-0.3, -0.25) is 4.79 Å². The number of carbonyl (C=O) groups is 1. The largest absolute Gasteiger partial charge is 0.480 e. The van der Waals surface area contributed by atoms with E-state index in [9.17, 15) is 26.4 Å². The minimum atomic E-state index is -4.58. The molecule has 1 aromatic heterocycles. The van der Waals surface area contributed by atoms with Gasteiger partial charge in [-0.05, 0) is 73.0 Å². The number of nitrogens with one attached hydrogen (secondary N) is 1. The predicted molar refractivity (Wildman–Crippen MR) is 126 cm³/mol. The summed E-state index contributed by atoms with van der Waals surface area (Å²) in [5.74, 6) is -0.395. The van der Waals surface area contributed by atoms with Crippen molar-refractivity contribution in [1.29, 1.82) is 0 Å². The number of rotatable bonds is 6. The molecule has 0 unspecified atom stereocenters. The zero-order valence-electron chi connectivity index (χ0n) is 19.1. The van der Waals surface area contributed by atoms with Crippen LogP contribution in [0.3, 0.4) is 0 Å². The Morgan fingerprint density at radius 2 is 1.64 bits per heavy atom. The van der Waals surface area contributed by atoms with Gasteiger partial charge in [0.2, 0.25) is 9.84 Å². The van der Waals surface area contributed by atoms with Crippen molar-refractivity contribution in [2.75, 3.05) is 0 Å². The summed E-state index contributed by atoms with van der Waals surface area (Å²) in [5.41, 5.74) is 6.93. The van der Waals surface area contributed by atoms with Gasteiger partial charge in [-0.25, -0.2) is 8.42 Å². The molecule has 0 saturated carbocycles. The summed E-state index contributed by atoms with van der Waals surface area (Å²) in [6.45, 7) is 3.46. The van der Waals surface area contributed by atoms with E-state index in [1.165, 1.54) is 12.3 Å². The quantitative estimate of drug-likeness (QED) is 0.309. The van der Waals surface area contributed by atoms with Crippen molar-refractivity contribution in [2.24, 2.45) is 5.73 Å². The van der Waals surface area contributed by atoms with Gasteiger partial charge in [0.25, 0.3) is 0 Å². The van der Waals surface area contributed by atoms with Crippen LogP contribution in [0.2, 0.25) is 0 Å². The van der Waals surface area contributed by atoms with E-state index in [1.54, 1.807) is 38.1 Å². The van der Waals surface area contributed by atoms with E-state index in [4.69, 9.17) is 15.6 Å². The summed E-state index contributed by atoms with van der Waals surface area (Å²) in [7, 11) is -4.14. The number of ether oxygens (including phenoxy) is 1. The summed E-state index contributed by atoms with van der Waals surface area (Å²) in [4.78, 5) is 13.7. The maximum absolute atomic E-state index is 13.2. The zero-order valence-corrected chi connectivity index (χ0v) is 19.9. The molecule has 3 aromatic carbocycles. The third kappa shape index (κ3) is 4.67. The molecule has 0 radical (unpaired) electrons. The molecule has 0 aliphatic rings. The van der Waals surface area contributed by atoms with Crippen LogP contribution in [0.4, 0.5) is 13.2 Å². The molecule has 7 nitrogen and oxygen atoms in total. The van der Waals surface area contributed by atoms with Crippen molar-refractivity contribution in [3.8, 4) is 11.5 Å². The molecule has 11 heteroatoms. The highest BCUT2D eigenvalue weighted by molar-refractivity contribution is 7.91. The molecular weight excluding hydrogens is 497 g/mol. The minimum Gasteiger partial charge on any atom is -0.480 e. The molecule has 4 N–H and O–H groups in total. The third-order valence-corrected chi connectivity index (χ3v) is 7.53. The number of benzene rings is 3.